The van der Waals surface area contributed by atoms with Crippen LogP contribution < -0.4 is 5.32 Å². The van der Waals surface area contributed by atoms with Gasteiger partial charge in [0.1, 0.15) is 12.3 Å². The lowest BCUT2D eigenvalue weighted by molar-refractivity contribution is -0.0427. The van der Waals surface area contributed by atoms with Gasteiger partial charge in [0.05, 0.1) is 0 Å². The lowest BCUT2D eigenvalue weighted by Gasteiger charge is -2.26. The summed E-state index contributed by atoms with van der Waals surface area (Å²) in [6.07, 6.45) is 2.03. The summed E-state index contributed by atoms with van der Waals surface area (Å²) in [4.78, 5) is 11.7. The zero-order valence-electron chi connectivity index (χ0n) is 12.8. The average Bonchev–Trinajstić information content (AvgIpc) is 2.45. The quantitative estimate of drug-likeness (QED) is 0.543. The molecule has 0 radical (unpaired) electrons. The fraction of sp³-hybridized carbons (Fsp3) is 0.562. The van der Waals surface area contributed by atoms with Crippen molar-refractivity contribution in [2.45, 2.75) is 45.4 Å². The molecule has 21 heavy (non-hydrogen) atoms. The lowest BCUT2D eigenvalue weighted by atomic mass is 10.2. The second-order valence-corrected chi connectivity index (χ2v) is 5.33. The van der Waals surface area contributed by atoms with E-state index in [2.05, 4.69) is 5.32 Å². The molecule has 5 nitrogen and oxygen atoms in total. The smallest absolute Gasteiger partial charge is 0.409 e. The highest BCUT2D eigenvalue weighted by Crippen LogP contribution is 2.08. The number of carbonyl (C=O) groups excluding carboxylic acids is 1. The standard InChI is InChI=1S/C16H25NO4/c1-16(2,21-12-8-4-7-11-18)17-15(19)20-13-14-9-5-3-6-10-14/h3,5-6,9-10,18H,4,7-8,11-13H2,1-2H3,(H,17,19). The minimum Gasteiger partial charge on any atom is -0.445 e. The number of amides is 1. The van der Waals surface area contributed by atoms with Crippen molar-refractivity contribution in [2.75, 3.05) is 13.2 Å². The van der Waals surface area contributed by atoms with Crippen molar-refractivity contribution in [2.24, 2.45) is 0 Å². The number of benzene rings is 1. The average molecular weight is 295 g/mol. The summed E-state index contributed by atoms with van der Waals surface area (Å²) < 4.78 is 10.8. The summed E-state index contributed by atoms with van der Waals surface area (Å²) in [6.45, 7) is 4.53. The van der Waals surface area contributed by atoms with Gasteiger partial charge < -0.3 is 14.6 Å². The van der Waals surface area contributed by atoms with Gasteiger partial charge in [0.15, 0.2) is 0 Å². The molecule has 0 fully saturated rings. The Kier molecular flexibility index (Phi) is 7.79. The Morgan fingerprint density at radius 2 is 1.90 bits per heavy atom. The third-order valence-electron chi connectivity index (χ3n) is 2.88. The summed E-state index contributed by atoms with van der Waals surface area (Å²) in [6, 6.07) is 9.51. The molecule has 0 heterocycles. The molecule has 1 amide bonds. The van der Waals surface area contributed by atoms with E-state index in [1.807, 2.05) is 30.3 Å². The normalized spacial score (nSPS) is 11.2. The molecule has 1 aromatic rings. The predicted molar refractivity (Wildman–Crippen MR) is 80.7 cm³/mol. The first kappa shape index (κ1) is 17.5. The Balaban J connectivity index is 2.22. The lowest BCUT2D eigenvalue weighted by Crippen LogP contribution is -2.46. The Bertz CT molecular complexity index is 406. The molecule has 0 spiro atoms. The van der Waals surface area contributed by atoms with Crippen LogP contribution in [0.3, 0.4) is 0 Å². The number of carbonyl (C=O) groups is 1. The minimum atomic E-state index is -0.771. The van der Waals surface area contributed by atoms with Crippen LogP contribution in [0.15, 0.2) is 30.3 Å². The molecule has 0 aliphatic rings. The van der Waals surface area contributed by atoms with Crippen LogP contribution in [-0.4, -0.2) is 30.1 Å². The first-order valence-electron chi connectivity index (χ1n) is 7.27. The molecule has 5 heteroatoms. The topological polar surface area (TPSA) is 67.8 Å². The van der Waals surface area contributed by atoms with Crippen LogP contribution in [-0.2, 0) is 16.1 Å². The van der Waals surface area contributed by atoms with E-state index in [4.69, 9.17) is 14.6 Å². The number of hydrogen-bond acceptors (Lipinski definition) is 4. The first-order valence-corrected chi connectivity index (χ1v) is 7.27. The molecule has 0 atom stereocenters. The third-order valence-corrected chi connectivity index (χ3v) is 2.88. The zero-order valence-corrected chi connectivity index (χ0v) is 12.8. The van der Waals surface area contributed by atoms with Crippen LogP contribution in [0.1, 0.15) is 38.7 Å². The first-order chi connectivity index (χ1) is 10.0. The maximum Gasteiger partial charge on any atom is 0.409 e. The second kappa shape index (κ2) is 9.37. The number of aliphatic hydroxyl groups excluding tert-OH is 1. The Labute approximate surface area is 126 Å². The fourth-order valence-corrected chi connectivity index (χ4v) is 1.76. The van der Waals surface area contributed by atoms with Gasteiger partial charge in [-0.1, -0.05) is 30.3 Å². The Hall–Kier alpha value is -1.59. The van der Waals surface area contributed by atoms with E-state index in [0.717, 1.165) is 24.8 Å². The third kappa shape index (κ3) is 8.32. The van der Waals surface area contributed by atoms with Gasteiger partial charge in [-0.25, -0.2) is 4.79 Å². The van der Waals surface area contributed by atoms with Gasteiger partial charge in [0.2, 0.25) is 0 Å². The Morgan fingerprint density at radius 3 is 2.57 bits per heavy atom. The summed E-state index contributed by atoms with van der Waals surface area (Å²) in [5.41, 5.74) is 0.169. The van der Waals surface area contributed by atoms with Crippen molar-refractivity contribution in [3.05, 3.63) is 35.9 Å². The van der Waals surface area contributed by atoms with Crippen molar-refractivity contribution in [3.63, 3.8) is 0 Å². The summed E-state index contributed by atoms with van der Waals surface area (Å²) >= 11 is 0. The number of aliphatic hydroxyl groups is 1. The van der Waals surface area contributed by atoms with Crippen LogP contribution in [0.4, 0.5) is 4.79 Å². The molecule has 0 saturated heterocycles. The van der Waals surface area contributed by atoms with Crippen molar-refractivity contribution < 1.29 is 19.4 Å². The van der Waals surface area contributed by atoms with Crippen molar-refractivity contribution in [3.8, 4) is 0 Å². The van der Waals surface area contributed by atoms with Gasteiger partial charge in [-0.05, 0) is 38.7 Å². The molecule has 1 rings (SSSR count). The van der Waals surface area contributed by atoms with Crippen LogP contribution in [0.5, 0.6) is 0 Å². The number of unbranched alkanes of at least 4 members (excludes halogenated alkanes) is 2. The minimum absolute atomic E-state index is 0.202. The molecular formula is C16H25NO4. The van der Waals surface area contributed by atoms with Crippen molar-refractivity contribution in [1.82, 2.24) is 5.32 Å². The summed E-state index contributed by atoms with van der Waals surface area (Å²) in [5, 5.41) is 11.4. The molecule has 118 valence electrons. The molecule has 0 bridgehead atoms. The number of hydrogen-bond donors (Lipinski definition) is 2. The monoisotopic (exact) mass is 295 g/mol. The number of nitrogens with one attached hydrogen (secondary N) is 1. The molecular weight excluding hydrogens is 270 g/mol. The van der Waals surface area contributed by atoms with Crippen molar-refractivity contribution in [1.29, 1.82) is 0 Å². The van der Waals surface area contributed by atoms with Gasteiger partial charge in [0.25, 0.3) is 0 Å². The molecule has 0 unspecified atom stereocenters. The van der Waals surface area contributed by atoms with Gasteiger partial charge in [-0.3, -0.25) is 5.32 Å². The van der Waals surface area contributed by atoms with E-state index in [1.54, 1.807) is 13.8 Å². The van der Waals surface area contributed by atoms with Crippen LogP contribution in [0.2, 0.25) is 0 Å². The van der Waals surface area contributed by atoms with Crippen LogP contribution in [0, 0.1) is 0 Å². The van der Waals surface area contributed by atoms with Crippen LogP contribution >= 0.6 is 0 Å². The van der Waals surface area contributed by atoms with E-state index in [1.165, 1.54) is 0 Å². The Morgan fingerprint density at radius 1 is 1.19 bits per heavy atom. The highest BCUT2D eigenvalue weighted by molar-refractivity contribution is 5.67. The van der Waals surface area contributed by atoms with Crippen LogP contribution in [0.25, 0.3) is 0 Å². The molecule has 1 aromatic carbocycles. The molecule has 0 saturated carbocycles. The van der Waals surface area contributed by atoms with Gasteiger partial charge in [-0.15, -0.1) is 0 Å². The largest absolute Gasteiger partial charge is 0.445 e. The molecule has 0 aliphatic carbocycles. The van der Waals surface area contributed by atoms with E-state index in [9.17, 15) is 4.79 Å². The van der Waals surface area contributed by atoms with E-state index < -0.39 is 11.8 Å². The fourth-order valence-electron chi connectivity index (χ4n) is 1.76. The maximum absolute atomic E-state index is 11.7. The van der Waals surface area contributed by atoms with E-state index >= 15 is 0 Å². The number of rotatable bonds is 9. The zero-order chi connectivity index (χ0) is 15.6. The predicted octanol–water partition coefficient (Wildman–Crippen LogP) is 2.83. The van der Waals surface area contributed by atoms with E-state index in [-0.39, 0.29) is 13.2 Å². The van der Waals surface area contributed by atoms with E-state index in [0.29, 0.717) is 6.61 Å². The molecule has 0 aliphatic heterocycles. The second-order valence-electron chi connectivity index (χ2n) is 5.33. The molecule has 0 aromatic heterocycles. The van der Waals surface area contributed by atoms with Crippen molar-refractivity contribution >= 4 is 6.09 Å². The highest BCUT2D eigenvalue weighted by Gasteiger charge is 2.21. The molecule has 2 N–H and O–H groups in total. The maximum atomic E-state index is 11.7. The summed E-state index contributed by atoms with van der Waals surface area (Å²) in [7, 11) is 0. The highest BCUT2D eigenvalue weighted by atomic mass is 16.6. The number of ether oxygens (including phenoxy) is 2. The van der Waals surface area contributed by atoms with Gasteiger partial charge >= 0.3 is 6.09 Å². The SMILES string of the molecule is CC(C)(NC(=O)OCc1ccccc1)OCCCCCO. The van der Waals surface area contributed by atoms with Gasteiger partial charge in [-0.2, -0.15) is 0 Å². The van der Waals surface area contributed by atoms with Gasteiger partial charge in [0, 0.05) is 13.2 Å². The number of alkyl carbamates (subject to hydrolysis) is 1. The summed E-state index contributed by atoms with van der Waals surface area (Å²) in [5.74, 6) is 0.